The first-order valence-electron chi connectivity index (χ1n) is 10.4. The molecule has 6 nitrogen and oxygen atoms in total. The fraction of sp³-hybridized carbons (Fsp3) is 0.409. The normalized spacial score (nSPS) is 15.6. The summed E-state index contributed by atoms with van der Waals surface area (Å²) in [6.07, 6.45) is 0.890. The summed E-state index contributed by atoms with van der Waals surface area (Å²) in [7, 11) is -3.76. The van der Waals surface area contributed by atoms with Crippen molar-refractivity contribution in [2.24, 2.45) is 5.92 Å². The van der Waals surface area contributed by atoms with Crippen molar-refractivity contribution in [3.05, 3.63) is 52.5 Å². The minimum Gasteiger partial charge on any atom is -0.372 e. The molecule has 0 atom stereocenters. The highest BCUT2D eigenvalue weighted by molar-refractivity contribution is 7.89. The smallest absolute Gasteiger partial charge is 0.244 e. The largest absolute Gasteiger partial charge is 0.372 e. The molecule has 2 aromatic carbocycles. The number of halogens is 2. The van der Waals surface area contributed by atoms with E-state index < -0.39 is 10.0 Å². The van der Waals surface area contributed by atoms with E-state index in [0.717, 1.165) is 24.5 Å². The third-order valence-corrected chi connectivity index (χ3v) is 8.21. The van der Waals surface area contributed by atoms with Gasteiger partial charge in [-0.3, -0.25) is 4.79 Å². The van der Waals surface area contributed by atoms with Crippen molar-refractivity contribution in [3.63, 3.8) is 0 Å². The first-order valence-corrected chi connectivity index (χ1v) is 12.6. The van der Waals surface area contributed by atoms with Crippen LogP contribution in [0.25, 0.3) is 0 Å². The van der Waals surface area contributed by atoms with Crippen LogP contribution >= 0.6 is 23.2 Å². The Balaban J connectivity index is 1.60. The number of anilines is 2. The second-order valence-corrected chi connectivity index (χ2v) is 10.2. The lowest BCUT2D eigenvalue weighted by Gasteiger charge is -2.30. The summed E-state index contributed by atoms with van der Waals surface area (Å²) < 4.78 is 27.3. The fourth-order valence-electron chi connectivity index (χ4n) is 3.76. The van der Waals surface area contributed by atoms with Crippen molar-refractivity contribution in [1.82, 2.24) is 4.31 Å². The van der Waals surface area contributed by atoms with Crippen LogP contribution in [0.3, 0.4) is 0 Å². The van der Waals surface area contributed by atoms with Crippen LogP contribution < -0.4 is 10.2 Å². The predicted molar refractivity (Wildman–Crippen MR) is 127 cm³/mol. The van der Waals surface area contributed by atoms with Gasteiger partial charge in [0.25, 0.3) is 0 Å². The van der Waals surface area contributed by atoms with Crippen molar-refractivity contribution < 1.29 is 13.2 Å². The second-order valence-electron chi connectivity index (χ2n) is 7.46. The Morgan fingerprint density at radius 1 is 1.06 bits per heavy atom. The number of hydrogen-bond acceptors (Lipinski definition) is 4. The van der Waals surface area contributed by atoms with Crippen LogP contribution in [0.1, 0.15) is 26.7 Å². The monoisotopic (exact) mass is 483 g/mol. The second kappa shape index (κ2) is 10.2. The van der Waals surface area contributed by atoms with Gasteiger partial charge in [-0.2, -0.15) is 4.31 Å². The van der Waals surface area contributed by atoms with Gasteiger partial charge < -0.3 is 10.2 Å². The first-order chi connectivity index (χ1) is 14.8. The van der Waals surface area contributed by atoms with E-state index in [4.69, 9.17) is 23.2 Å². The van der Waals surface area contributed by atoms with Crippen LogP contribution in [0.2, 0.25) is 10.0 Å². The van der Waals surface area contributed by atoms with E-state index in [-0.39, 0.29) is 34.8 Å². The third kappa shape index (κ3) is 5.52. The summed E-state index contributed by atoms with van der Waals surface area (Å²) >= 11 is 12.0. The van der Waals surface area contributed by atoms with E-state index in [1.165, 1.54) is 16.4 Å². The molecule has 1 saturated heterocycles. The molecule has 0 aliphatic carbocycles. The van der Waals surface area contributed by atoms with Crippen molar-refractivity contribution in [1.29, 1.82) is 0 Å². The number of hydrogen-bond donors (Lipinski definition) is 1. The Labute approximate surface area is 194 Å². The average Bonchev–Trinajstić information content (AvgIpc) is 2.77. The maximum absolute atomic E-state index is 12.9. The van der Waals surface area contributed by atoms with Gasteiger partial charge in [0.05, 0.1) is 5.02 Å². The van der Waals surface area contributed by atoms with Crippen LogP contribution in [-0.2, 0) is 14.8 Å². The minimum absolute atomic E-state index is 0.00198. The average molecular weight is 484 g/mol. The molecule has 1 amide bonds. The molecule has 0 unspecified atom stereocenters. The van der Waals surface area contributed by atoms with E-state index in [1.54, 1.807) is 6.07 Å². The number of nitrogens with zero attached hydrogens (tertiary/aromatic N) is 2. The van der Waals surface area contributed by atoms with E-state index in [0.29, 0.717) is 17.9 Å². The molecule has 31 heavy (non-hydrogen) atoms. The van der Waals surface area contributed by atoms with Crippen LogP contribution in [-0.4, -0.2) is 44.8 Å². The zero-order chi connectivity index (χ0) is 22.6. The molecule has 0 saturated carbocycles. The van der Waals surface area contributed by atoms with Gasteiger partial charge in [-0.05, 0) is 69.2 Å². The third-order valence-electron chi connectivity index (χ3n) is 5.60. The SMILES string of the molecule is CCN(CC)c1ccc(NC(=O)C2CCN(S(=O)(=O)c3cc(Cl)ccc3Cl)CC2)cc1. The number of rotatable bonds is 7. The van der Waals surface area contributed by atoms with E-state index in [2.05, 4.69) is 24.1 Å². The molecule has 2 aromatic rings. The summed E-state index contributed by atoms with van der Waals surface area (Å²) in [5.74, 6) is -0.336. The van der Waals surface area contributed by atoms with Gasteiger partial charge in [0.1, 0.15) is 4.90 Å². The van der Waals surface area contributed by atoms with Gasteiger partial charge in [-0.25, -0.2) is 8.42 Å². The molecule has 3 rings (SSSR count). The highest BCUT2D eigenvalue weighted by Gasteiger charge is 2.33. The van der Waals surface area contributed by atoms with Crippen LogP contribution in [0, 0.1) is 5.92 Å². The first kappa shape index (κ1) is 23.9. The van der Waals surface area contributed by atoms with Gasteiger partial charge in [0.15, 0.2) is 0 Å². The molecular weight excluding hydrogens is 457 g/mol. The maximum Gasteiger partial charge on any atom is 0.244 e. The van der Waals surface area contributed by atoms with Crippen molar-refractivity contribution in [3.8, 4) is 0 Å². The Morgan fingerprint density at radius 3 is 2.26 bits per heavy atom. The Kier molecular flexibility index (Phi) is 7.86. The quantitative estimate of drug-likeness (QED) is 0.608. The lowest BCUT2D eigenvalue weighted by Crippen LogP contribution is -2.41. The topological polar surface area (TPSA) is 69.7 Å². The highest BCUT2D eigenvalue weighted by Crippen LogP contribution is 2.30. The molecule has 1 N–H and O–H groups in total. The number of carbonyl (C=O) groups excluding carboxylic acids is 1. The summed E-state index contributed by atoms with van der Waals surface area (Å²) in [5, 5.41) is 3.40. The number of amides is 1. The number of piperidine rings is 1. The zero-order valence-electron chi connectivity index (χ0n) is 17.6. The molecule has 0 aromatic heterocycles. The van der Waals surface area contributed by atoms with Crippen molar-refractivity contribution >= 4 is 50.5 Å². The molecular formula is C22H27Cl2N3O3S. The zero-order valence-corrected chi connectivity index (χ0v) is 20.0. The van der Waals surface area contributed by atoms with Crippen molar-refractivity contribution in [2.75, 3.05) is 36.4 Å². The van der Waals surface area contributed by atoms with Crippen LogP contribution in [0.4, 0.5) is 11.4 Å². The summed E-state index contributed by atoms with van der Waals surface area (Å²) in [4.78, 5) is 14.9. The Morgan fingerprint density at radius 2 is 1.68 bits per heavy atom. The Bertz CT molecular complexity index is 1020. The standard InChI is InChI=1S/C22H27Cl2N3O3S/c1-3-26(4-2)19-8-6-18(7-9-19)25-22(28)16-11-13-27(14-12-16)31(29,30)21-15-17(23)5-10-20(21)24/h5-10,15-16H,3-4,11-14H2,1-2H3,(H,25,28). The number of nitrogens with one attached hydrogen (secondary N) is 1. The molecule has 1 heterocycles. The van der Waals surface area contributed by atoms with Crippen LogP contribution in [0.15, 0.2) is 47.4 Å². The Hall–Kier alpha value is -1.80. The van der Waals surface area contributed by atoms with Gasteiger partial charge in [-0.1, -0.05) is 23.2 Å². The number of carbonyl (C=O) groups is 1. The molecule has 0 spiro atoms. The molecule has 9 heteroatoms. The lowest BCUT2D eigenvalue weighted by molar-refractivity contribution is -0.120. The van der Waals surface area contributed by atoms with E-state index in [9.17, 15) is 13.2 Å². The summed E-state index contributed by atoms with van der Waals surface area (Å²) in [6.45, 7) is 6.56. The highest BCUT2D eigenvalue weighted by atomic mass is 35.5. The van der Waals surface area contributed by atoms with Gasteiger partial charge in [-0.15, -0.1) is 0 Å². The maximum atomic E-state index is 12.9. The summed E-state index contributed by atoms with van der Waals surface area (Å²) in [6, 6.07) is 12.2. The van der Waals surface area contributed by atoms with Gasteiger partial charge in [0.2, 0.25) is 15.9 Å². The van der Waals surface area contributed by atoms with E-state index in [1.807, 2.05) is 24.3 Å². The molecule has 1 fully saturated rings. The number of sulfonamides is 1. The van der Waals surface area contributed by atoms with Crippen LogP contribution in [0.5, 0.6) is 0 Å². The minimum atomic E-state index is -3.76. The molecule has 0 bridgehead atoms. The van der Waals surface area contributed by atoms with Crippen molar-refractivity contribution in [2.45, 2.75) is 31.6 Å². The lowest BCUT2D eigenvalue weighted by atomic mass is 9.97. The number of benzene rings is 2. The molecule has 1 aliphatic heterocycles. The fourth-order valence-corrected chi connectivity index (χ4v) is 5.97. The van der Waals surface area contributed by atoms with E-state index >= 15 is 0 Å². The van der Waals surface area contributed by atoms with Gasteiger partial charge >= 0.3 is 0 Å². The summed E-state index contributed by atoms with van der Waals surface area (Å²) in [5.41, 5.74) is 1.85. The molecule has 168 valence electrons. The van der Waals surface area contributed by atoms with Gasteiger partial charge in [0, 0.05) is 48.5 Å². The molecule has 0 radical (unpaired) electrons. The predicted octanol–water partition coefficient (Wildman–Crippen LogP) is 4.88. The molecule has 1 aliphatic rings.